The lowest BCUT2D eigenvalue weighted by molar-refractivity contribution is 0.910. The van der Waals surface area contributed by atoms with Gasteiger partial charge in [-0.3, -0.25) is 9.78 Å². The Balaban J connectivity index is 1.75. The first-order chi connectivity index (χ1) is 11.2. The van der Waals surface area contributed by atoms with Gasteiger partial charge in [-0.25, -0.2) is 14.3 Å². The summed E-state index contributed by atoms with van der Waals surface area (Å²) in [5.41, 5.74) is 3.14. The van der Waals surface area contributed by atoms with E-state index in [1.807, 2.05) is 12.3 Å². The van der Waals surface area contributed by atoms with Gasteiger partial charge in [0.05, 0.1) is 23.1 Å². The fourth-order valence-electron chi connectivity index (χ4n) is 3.02. The molecule has 0 radical (unpaired) electrons. The molecule has 2 aliphatic carbocycles. The van der Waals surface area contributed by atoms with E-state index in [-0.39, 0.29) is 0 Å². The maximum atomic E-state index is 12.1. The van der Waals surface area contributed by atoms with Crippen molar-refractivity contribution >= 4 is 5.65 Å². The van der Waals surface area contributed by atoms with E-state index in [0.29, 0.717) is 23.1 Å². The lowest BCUT2D eigenvalue weighted by Crippen LogP contribution is -2.23. The summed E-state index contributed by atoms with van der Waals surface area (Å²) in [5.74, 6) is 1.05. The minimum atomic E-state index is -0.513. The number of hydrogen-bond acceptors (Lipinski definition) is 4. The maximum absolute atomic E-state index is 12.1. The van der Waals surface area contributed by atoms with Gasteiger partial charge in [-0.1, -0.05) is 0 Å². The molecule has 7 heteroatoms. The zero-order valence-electron chi connectivity index (χ0n) is 12.4. The molecule has 7 nitrogen and oxygen atoms in total. The Hall–Kier alpha value is -2.70. The van der Waals surface area contributed by atoms with Gasteiger partial charge >= 0.3 is 5.69 Å². The number of hydrogen-bond donors (Lipinski definition) is 2. The van der Waals surface area contributed by atoms with Crippen LogP contribution < -0.4 is 11.2 Å². The van der Waals surface area contributed by atoms with Gasteiger partial charge in [-0.2, -0.15) is 5.10 Å². The summed E-state index contributed by atoms with van der Waals surface area (Å²) in [6.07, 6.45) is 8.07. The molecule has 2 aliphatic rings. The monoisotopic (exact) mass is 309 g/mol. The van der Waals surface area contributed by atoms with Crippen LogP contribution in [-0.4, -0.2) is 24.6 Å². The molecule has 0 spiro atoms. The van der Waals surface area contributed by atoms with Crippen LogP contribution in [0.1, 0.15) is 48.8 Å². The summed E-state index contributed by atoms with van der Waals surface area (Å²) in [4.78, 5) is 32.8. The maximum Gasteiger partial charge on any atom is 0.325 e. The van der Waals surface area contributed by atoms with E-state index in [0.717, 1.165) is 29.7 Å². The van der Waals surface area contributed by atoms with E-state index in [4.69, 9.17) is 4.98 Å². The number of nitrogens with zero attached hydrogens (tertiary/aromatic N) is 3. The molecular weight excluding hydrogens is 294 g/mol. The molecule has 2 saturated carbocycles. The molecule has 2 N–H and O–H groups in total. The second kappa shape index (κ2) is 4.41. The van der Waals surface area contributed by atoms with Crippen LogP contribution in [-0.2, 0) is 0 Å². The van der Waals surface area contributed by atoms with Crippen molar-refractivity contribution in [3.05, 3.63) is 50.6 Å². The first kappa shape index (κ1) is 12.8. The highest BCUT2D eigenvalue weighted by molar-refractivity contribution is 5.63. The van der Waals surface area contributed by atoms with Crippen molar-refractivity contribution in [1.29, 1.82) is 0 Å². The molecule has 116 valence electrons. The first-order valence-electron chi connectivity index (χ1n) is 7.91. The third kappa shape index (κ3) is 2.11. The van der Waals surface area contributed by atoms with Gasteiger partial charge in [-0.15, -0.1) is 0 Å². The van der Waals surface area contributed by atoms with Crippen LogP contribution in [0, 0.1) is 0 Å². The molecule has 0 saturated heterocycles. The fraction of sp³-hybridized carbons (Fsp3) is 0.375. The van der Waals surface area contributed by atoms with Crippen LogP contribution in [0.2, 0.25) is 0 Å². The van der Waals surface area contributed by atoms with E-state index in [9.17, 15) is 9.59 Å². The SMILES string of the molecule is O=c1[nH]cc(-c2cc(C3CC3)c3nc(C4CC4)cn3n2)c(=O)[nH]1. The molecule has 0 aliphatic heterocycles. The lowest BCUT2D eigenvalue weighted by atomic mass is 10.1. The standard InChI is InChI=1S/C16H15N5O2/c22-15-11(6-17-16(23)19-15)12-5-10(8-1-2-8)14-18-13(9-3-4-9)7-21(14)20-12/h5-9H,1-4H2,(H2,17,19,22,23). The van der Waals surface area contributed by atoms with Gasteiger partial charge in [-0.05, 0) is 37.7 Å². The van der Waals surface area contributed by atoms with Crippen molar-refractivity contribution in [1.82, 2.24) is 24.6 Å². The Morgan fingerprint density at radius 1 is 1.13 bits per heavy atom. The zero-order valence-corrected chi connectivity index (χ0v) is 12.4. The molecule has 0 aromatic carbocycles. The van der Waals surface area contributed by atoms with Crippen LogP contribution in [0.5, 0.6) is 0 Å². The van der Waals surface area contributed by atoms with Crippen LogP contribution in [0.25, 0.3) is 16.9 Å². The predicted molar refractivity (Wildman–Crippen MR) is 83.6 cm³/mol. The zero-order chi connectivity index (χ0) is 15.6. The minimum absolute atomic E-state index is 0.370. The first-order valence-corrected chi connectivity index (χ1v) is 7.91. The normalized spacial score (nSPS) is 17.7. The number of H-pyrrole nitrogens is 2. The molecule has 0 atom stereocenters. The molecule has 5 rings (SSSR count). The van der Waals surface area contributed by atoms with E-state index < -0.39 is 11.2 Å². The Bertz CT molecular complexity index is 1040. The van der Waals surface area contributed by atoms with Gasteiger partial charge < -0.3 is 4.98 Å². The Morgan fingerprint density at radius 3 is 2.61 bits per heavy atom. The molecule has 2 fully saturated rings. The average molecular weight is 309 g/mol. The number of imidazole rings is 1. The summed E-state index contributed by atoms with van der Waals surface area (Å²) in [5, 5.41) is 4.55. The number of aromatic amines is 2. The van der Waals surface area contributed by atoms with E-state index in [2.05, 4.69) is 15.1 Å². The highest BCUT2D eigenvalue weighted by Gasteiger charge is 2.31. The topological polar surface area (TPSA) is 95.9 Å². The van der Waals surface area contributed by atoms with Crippen LogP contribution >= 0.6 is 0 Å². The van der Waals surface area contributed by atoms with Crippen molar-refractivity contribution in [2.75, 3.05) is 0 Å². The van der Waals surface area contributed by atoms with Gasteiger partial charge in [0, 0.05) is 17.7 Å². The van der Waals surface area contributed by atoms with E-state index >= 15 is 0 Å². The van der Waals surface area contributed by atoms with Crippen molar-refractivity contribution < 1.29 is 0 Å². The molecular formula is C16H15N5O2. The summed E-state index contributed by atoms with van der Waals surface area (Å²) in [7, 11) is 0. The highest BCUT2D eigenvalue weighted by Crippen LogP contribution is 2.44. The smallest absolute Gasteiger partial charge is 0.313 e. The second-order valence-electron chi connectivity index (χ2n) is 6.45. The van der Waals surface area contributed by atoms with Crippen LogP contribution in [0.3, 0.4) is 0 Å². The molecule has 3 heterocycles. The summed E-state index contributed by atoms with van der Waals surface area (Å²) >= 11 is 0. The molecule has 0 amide bonds. The molecule has 0 unspecified atom stereocenters. The van der Waals surface area contributed by atoms with E-state index in [1.54, 1.807) is 4.52 Å². The summed E-state index contributed by atoms with van der Waals surface area (Å²) < 4.78 is 1.79. The fourth-order valence-corrected chi connectivity index (χ4v) is 3.02. The Morgan fingerprint density at radius 2 is 1.91 bits per heavy atom. The lowest BCUT2D eigenvalue weighted by Gasteiger charge is -2.05. The second-order valence-corrected chi connectivity index (χ2v) is 6.45. The molecule has 23 heavy (non-hydrogen) atoms. The van der Waals surface area contributed by atoms with Crippen molar-refractivity contribution in [3.8, 4) is 11.3 Å². The quantitative estimate of drug-likeness (QED) is 0.767. The Kier molecular flexibility index (Phi) is 2.45. The Labute approximate surface area is 130 Å². The van der Waals surface area contributed by atoms with Crippen molar-refractivity contribution in [2.24, 2.45) is 0 Å². The number of rotatable bonds is 3. The average Bonchev–Trinajstić information content (AvgIpc) is 3.42. The van der Waals surface area contributed by atoms with Crippen molar-refractivity contribution in [2.45, 2.75) is 37.5 Å². The molecule has 0 bridgehead atoms. The van der Waals surface area contributed by atoms with E-state index in [1.165, 1.54) is 19.0 Å². The summed E-state index contributed by atoms with van der Waals surface area (Å²) in [6.45, 7) is 0. The third-order valence-electron chi connectivity index (χ3n) is 4.58. The molecule has 3 aromatic rings. The predicted octanol–water partition coefficient (Wildman–Crippen LogP) is 1.53. The minimum Gasteiger partial charge on any atom is -0.313 e. The van der Waals surface area contributed by atoms with Crippen molar-refractivity contribution in [3.63, 3.8) is 0 Å². The summed E-state index contributed by atoms with van der Waals surface area (Å²) in [6, 6.07) is 1.94. The van der Waals surface area contributed by atoms with Crippen LogP contribution in [0.4, 0.5) is 0 Å². The van der Waals surface area contributed by atoms with Gasteiger partial charge in [0.25, 0.3) is 5.56 Å². The third-order valence-corrected chi connectivity index (χ3v) is 4.58. The number of nitrogens with one attached hydrogen (secondary N) is 2. The highest BCUT2D eigenvalue weighted by atomic mass is 16.2. The van der Waals surface area contributed by atoms with Gasteiger partial charge in [0.2, 0.25) is 0 Å². The largest absolute Gasteiger partial charge is 0.325 e. The number of fused-ring (bicyclic) bond motifs is 1. The van der Waals surface area contributed by atoms with Gasteiger partial charge in [0.1, 0.15) is 0 Å². The number of aromatic nitrogens is 5. The molecule has 3 aromatic heterocycles. The van der Waals surface area contributed by atoms with Gasteiger partial charge in [0.15, 0.2) is 5.65 Å². The van der Waals surface area contributed by atoms with Crippen LogP contribution in [0.15, 0.2) is 28.0 Å².